The molecule has 150 valence electrons. The van der Waals surface area contributed by atoms with Crippen LogP contribution in [0.15, 0.2) is 61.1 Å². The van der Waals surface area contributed by atoms with Gasteiger partial charge in [-0.05, 0) is 49.2 Å². The lowest BCUT2D eigenvalue weighted by molar-refractivity contribution is -0.127. The minimum atomic E-state index is -0.368. The summed E-state index contributed by atoms with van der Waals surface area (Å²) in [6.45, 7) is 2.50. The first-order valence-corrected chi connectivity index (χ1v) is 9.68. The third-order valence-corrected chi connectivity index (χ3v) is 5.27. The Kier molecular flexibility index (Phi) is 5.57. The van der Waals surface area contributed by atoms with Gasteiger partial charge >= 0.3 is 0 Å². The van der Waals surface area contributed by atoms with Crippen LogP contribution in [0.3, 0.4) is 0 Å². The van der Waals surface area contributed by atoms with Crippen LogP contribution in [-0.4, -0.2) is 34.4 Å². The Labute approximate surface area is 169 Å². The van der Waals surface area contributed by atoms with E-state index in [2.05, 4.69) is 15.4 Å². The molecule has 3 atom stereocenters. The van der Waals surface area contributed by atoms with Gasteiger partial charge in [0.1, 0.15) is 17.5 Å². The molecule has 7 nitrogen and oxygen atoms in total. The molecule has 1 aromatic carbocycles. The molecule has 1 unspecified atom stereocenters. The third-order valence-electron chi connectivity index (χ3n) is 5.27. The zero-order chi connectivity index (χ0) is 20.2. The van der Waals surface area contributed by atoms with Gasteiger partial charge in [0, 0.05) is 25.2 Å². The monoisotopic (exact) mass is 392 g/mol. The highest BCUT2D eigenvalue weighted by molar-refractivity contribution is 5.80. The summed E-state index contributed by atoms with van der Waals surface area (Å²) < 4.78 is 13.3. The molecular weight excluding hydrogens is 368 g/mol. The number of para-hydroxylation sites is 2. The Hall–Kier alpha value is -3.19. The number of carbonyl (C=O) groups is 1. The molecular formula is C22H24N4O3. The number of amides is 1. The Morgan fingerprint density at radius 3 is 2.79 bits per heavy atom. The Morgan fingerprint density at radius 2 is 2.00 bits per heavy atom. The zero-order valence-corrected chi connectivity index (χ0v) is 16.5. The Bertz CT molecular complexity index is 973. The maximum absolute atomic E-state index is 13.0. The molecule has 1 aliphatic heterocycles. The average Bonchev–Trinajstić information content (AvgIpc) is 3.43. The van der Waals surface area contributed by atoms with E-state index in [0.29, 0.717) is 18.8 Å². The van der Waals surface area contributed by atoms with Gasteiger partial charge in [0.15, 0.2) is 0 Å². The fourth-order valence-electron chi connectivity index (χ4n) is 3.74. The maximum Gasteiger partial charge on any atom is 0.226 e. The van der Waals surface area contributed by atoms with Crippen LogP contribution >= 0.6 is 0 Å². The molecule has 1 aliphatic rings. The highest BCUT2D eigenvalue weighted by Gasteiger charge is 2.38. The summed E-state index contributed by atoms with van der Waals surface area (Å²) in [6, 6.07) is 13.3. The molecule has 3 heterocycles. The van der Waals surface area contributed by atoms with E-state index in [0.717, 1.165) is 16.9 Å². The lowest BCUT2D eigenvalue weighted by Crippen LogP contribution is -2.34. The molecule has 29 heavy (non-hydrogen) atoms. The van der Waals surface area contributed by atoms with Crippen molar-refractivity contribution in [1.82, 2.24) is 20.1 Å². The number of nitrogens with zero attached hydrogens (tertiary/aromatic N) is 3. The Morgan fingerprint density at radius 1 is 1.21 bits per heavy atom. The normalized spacial score (nSPS) is 19.7. The van der Waals surface area contributed by atoms with Crippen molar-refractivity contribution < 1.29 is 14.3 Å². The number of methoxy groups -OCH3 is 1. The summed E-state index contributed by atoms with van der Waals surface area (Å²) in [7, 11) is 1.63. The fraction of sp³-hybridized carbons (Fsp3) is 0.318. The molecule has 7 heteroatoms. The SMILES string of the molecule is COc1ccccc1-n1nccc1[C@H]1OCC[C@@H]1C(=O)NC(C)c1ccncc1. The van der Waals surface area contributed by atoms with Crippen LogP contribution < -0.4 is 10.1 Å². The Balaban J connectivity index is 1.57. The number of pyridine rings is 1. The van der Waals surface area contributed by atoms with E-state index in [4.69, 9.17) is 9.47 Å². The number of carbonyl (C=O) groups excluding carboxylic acids is 1. The van der Waals surface area contributed by atoms with Crippen LogP contribution in [-0.2, 0) is 9.53 Å². The fourth-order valence-corrected chi connectivity index (χ4v) is 3.74. The topological polar surface area (TPSA) is 78.3 Å². The second kappa shape index (κ2) is 8.45. The largest absolute Gasteiger partial charge is 0.494 e. The number of ether oxygens (including phenoxy) is 2. The van der Waals surface area contributed by atoms with E-state index in [1.807, 2.05) is 49.4 Å². The number of hydrogen-bond acceptors (Lipinski definition) is 5. The second-order valence-corrected chi connectivity index (χ2v) is 7.04. The minimum absolute atomic E-state index is 0.0235. The van der Waals surface area contributed by atoms with Gasteiger partial charge in [-0.15, -0.1) is 0 Å². The van der Waals surface area contributed by atoms with E-state index in [9.17, 15) is 4.79 Å². The summed E-state index contributed by atoms with van der Waals surface area (Å²) in [6.07, 6.45) is 5.47. The molecule has 1 N–H and O–H groups in total. The van der Waals surface area contributed by atoms with E-state index in [1.54, 1.807) is 30.4 Å². The second-order valence-electron chi connectivity index (χ2n) is 7.04. The van der Waals surface area contributed by atoms with Crippen molar-refractivity contribution >= 4 is 5.91 Å². The van der Waals surface area contributed by atoms with Gasteiger partial charge in [0.25, 0.3) is 0 Å². The van der Waals surface area contributed by atoms with Crippen LogP contribution in [0.4, 0.5) is 0 Å². The van der Waals surface area contributed by atoms with Gasteiger partial charge in [-0.3, -0.25) is 9.78 Å². The number of aromatic nitrogens is 3. The first-order valence-electron chi connectivity index (χ1n) is 9.68. The maximum atomic E-state index is 13.0. The molecule has 0 spiro atoms. The predicted molar refractivity (Wildman–Crippen MR) is 108 cm³/mol. The molecule has 1 fully saturated rings. The van der Waals surface area contributed by atoms with E-state index < -0.39 is 0 Å². The molecule has 2 aromatic heterocycles. The van der Waals surface area contributed by atoms with E-state index in [-0.39, 0.29) is 24.0 Å². The summed E-state index contributed by atoms with van der Waals surface area (Å²) in [4.78, 5) is 17.1. The van der Waals surface area contributed by atoms with Crippen LogP contribution in [0, 0.1) is 5.92 Å². The van der Waals surface area contributed by atoms with Gasteiger partial charge in [-0.1, -0.05) is 12.1 Å². The molecule has 1 amide bonds. The molecule has 3 aromatic rings. The number of benzene rings is 1. The lowest BCUT2D eigenvalue weighted by atomic mass is 9.97. The van der Waals surface area contributed by atoms with Crippen molar-refractivity contribution in [2.45, 2.75) is 25.5 Å². The average molecular weight is 392 g/mol. The van der Waals surface area contributed by atoms with Crippen LogP contribution in [0.5, 0.6) is 5.75 Å². The summed E-state index contributed by atoms with van der Waals surface area (Å²) in [5.41, 5.74) is 2.67. The van der Waals surface area contributed by atoms with E-state index in [1.165, 1.54) is 0 Å². The molecule has 0 aliphatic carbocycles. The van der Waals surface area contributed by atoms with Gasteiger partial charge in [-0.25, -0.2) is 4.68 Å². The molecule has 0 radical (unpaired) electrons. The smallest absolute Gasteiger partial charge is 0.226 e. The third kappa shape index (κ3) is 3.86. The van der Waals surface area contributed by atoms with Gasteiger partial charge < -0.3 is 14.8 Å². The van der Waals surface area contributed by atoms with Crippen molar-refractivity contribution in [2.24, 2.45) is 5.92 Å². The van der Waals surface area contributed by atoms with Crippen molar-refractivity contribution in [1.29, 1.82) is 0 Å². The molecule has 1 saturated heterocycles. The van der Waals surface area contributed by atoms with E-state index >= 15 is 0 Å². The van der Waals surface area contributed by atoms with Gasteiger partial charge in [-0.2, -0.15) is 5.10 Å². The van der Waals surface area contributed by atoms with Crippen molar-refractivity contribution in [3.8, 4) is 11.4 Å². The van der Waals surface area contributed by atoms with Crippen LogP contribution in [0.1, 0.15) is 36.7 Å². The van der Waals surface area contributed by atoms with Gasteiger partial charge in [0.2, 0.25) is 5.91 Å². The first-order chi connectivity index (χ1) is 14.2. The summed E-state index contributed by atoms with van der Waals surface area (Å²) in [5.74, 6) is 0.400. The van der Waals surface area contributed by atoms with Crippen LogP contribution in [0.2, 0.25) is 0 Å². The quantitative estimate of drug-likeness (QED) is 0.697. The first kappa shape index (κ1) is 19.1. The standard InChI is InChI=1S/C22H24N4O3/c1-15(16-7-11-23-12-8-16)25-22(27)17-10-14-29-21(17)19-9-13-24-26(19)18-5-3-4-6-20(18)28-2/h3-9,11-13,15,17,21H,10,14H2,1-2H3,(H,25,27)/t15?,17-,21-/m0/s1. The zero-order valence-electron chi connectivity index (χ0n) is 16.5. The molecule has 4 rings (SSSR count). The summed E-state index contributed by atoms with van der Waals surface area (Å²) >= 11 is 0. The predicted octanol–water partition coefficient (Wildman–Crippen LogP) is 3.23. The number of rotatable bonds is 6. The molecule has 0 bridgehead atoms. The lowest BCUT2D eigenvalue weighted by Gasteiger charge is -2.22. The molecule has 0 saturated carbocycles. The minimum Gasteiger partial charge on any atom is -0.494 e. The number of nitrogens with one attached hydrogen (secondary N) is 1. The highest BCUT2D eigenvalue weighted by atomic mass is 16.5. The van der Waals surface area contributed by atoms with Crippen molar-refractivity contribution in [3.05, 3.63) is 72.3 Å². The number of hydrogen-bond donors (Lipinski definition) is 1. The van der Waals surface area contributed by atoms with Crippen molar-refractivity contribution in [2.75, 3.05) is 13.7 Å². The summed E-state index contributed by atoms with van der Waals surface area (Å²) in [5, 5.41) is 7.57. The highest BCUT2D eigenvalue weighted by Crippen LogP contribution is 2.37. The van der Waals surface area contributed by atoms with Crippen molar-refractivity contribution in [3.63, 3.8) is 0 Å². The van der Waals surface area contributed by atoms with Gasteiger partial charge in [0.05, 0.1) is 24.8 Å². The van der Waals surface area contributed by atoms with Crippen LogP contribution in [0.25, 0.3) is 5.69 Å².